The summed E-state index contributed by atoms with van der Waals surface area (Å²) in [6.07, 6.45) is 1.25. The van der Waals surface area contributed by atoms with Crippen LogP contribution in [0.2, 0.25) is 0 Å². The lowest BCUT2D eigenvalue weighted by Crippen LogP contribution is -2.43. The number of aryl methyl sites for hydroxylation is 2. The molecule has 0 aromatic heterocycles. The van der Waals surface area contributed by atoms with E-state index >= 15 is 0 Å². The number of anilines is 1. The summed E-state index contributed by atoms with van der Waals surface area (Å²) in [7, 11) is 0. The van der Waals surface area contributed by atoms with Crippen molar-refractivity contribution >= 4 is 17.6 Å². The molecule has 3 amide bonds. The molecule has 1 atom stereocenters. The smallest absolute Gasteiger partial charge is 0.315 e. The highest BCUT2D eigenvalue weighted by Crippen LogP contribution is 2.23. The van der Waals surface area contributed by atoms with Crippen LogP contribution in [0.3, 0.4) is 0 Å². The van der Waals surface area contributed by atoms with E-state index in [9.17, 15) is 9.59 Å². The minimum atomic E-state index is -0.198. The third-order valence-corrected chi connectivity index (χ3v) is 3.80. The summed E-state index contributed by atoms with van der Waals surface area (Å²) < 4.78 is 0. The van der Waals surface area contributed by atoms with Crippen LogP contribution in [0.15, 0.2) is 18.2 Å². The highest BCUT2D eigenvalue weighted by Gasteiger charge is 2.31. The number of hydrogen-bond acceptors (Lipinski definition) is 2. The summed E-state index contributed by atoms with van der Waals surface area (Å²) in [5.41, 5.74) is 3.28. The van der Waals surface area contributed by atoms with Crippen LogP contribution in [0.4, 0.5) is 10.5 Å². The van der Waals surface area contributed by atoms with E-state index in [1.807, 2.05) is 39.0 Å². The molecule has 21 heavy (non-hydrogen) atoms. The molecular formula is C16H23N3O2. The molecule has 1 aromatic carbocycles. The molecule has 1 saturated heterocycles. The summed E-state index contributed by atoms with van der Waals surface area (Å²) in [6, 6.07) is 5.67. The van der Waals surface area contributed by atoms with Crippen molar-refractivity contribution < 1.29 is 9.59 Å². The van der Waals surface area contributed by atoms with Gasteiger partial charge in [-0.2, -0.15) is 0 Å². The lowest BCUT2D eigenvalue weighted by Gasteiger charge is -2.18. The predicted octanol–water partition coefficient (Wildman–Crippen LogP) is 2.12. The van der Waals surface area contributed by atoms with E-state index < -0.39 is 0 Å². The first-order valence-corrected chi connectivity index (χ1v) is 7.43. The van der Waals surface area contributed by atoms with Crippen LogP contribution >= 0.6 is 0 Å². The fourth-order valence-electron chi connectivity index (χ4n) is 2.42. The van der Waals surface area contributed by atoms with Crippen molar-refractivity contribution in [2.45, 2.75) is 39.7 Å². The lowest BCUT2D eigenvalue weighted by atomic mass is 10.1. The Morgan fingerprint density at radius 3 is 2.76 bits per heavy atom. The normalized spacial score (nSPS) is 18.0. The third kappa shape index (κ3) is 3.74. The molecular weight excluding hydrogens is 266 g/mol. The molecule has 114 valence electrons. The van der Waals surface area contributed by atoms with Gasteiger partial charge in [0.2, 0.25) is 5.91 Å². The molecule has 0 aliphatic carbocycles. The van der Waals surface area contributed by atoms with E-state index in [0.717, 1.165) is 17.7 Å². The number of amides is 3. The van der Waals surface area contributed by atoms with E-state index in [1.165, 1.54) is 5.56 Å². The van der Waals surface area contributed by atoms with Crippen molar-refractivity contribution in [3.63, 3.8) is 0 Å². The molecule has 1 aromatic rings. The lowest BCUT2D eigenvalue weighted by molar-refractivity contribution is -0.117. The summed E-state index contributed by atoms with van der Waals surface area (Å²) in [5, 5.41) is 5.62. The maximum absolute atomic E-state index is 12.1. The Kier molecular flexibility index (Phi) is 4.83. The molecule has 5 nitrogen and oxygen atoms in total. The standard InChI is InChI=1S/C16H23N3O2/c1-4-7-17-16(21)18-13-9-15(20)19(10-13)14-6-5-11(2)12(3)8-14/h5-6,8,13H,4,7,9-10H2,1-3H3,(H2,17,18,21)/t13-/m1/s1. The number of carbonyl (C=O) groups excluding carboxylic acids is 2. The first-order chi connectivity index (χ1) is 10.0. The van der Waals surface area contributed by atoms with Crippen molar-refractivity contribution in [2.75, 3.05) is 18.0 Å². The van der Waals surface area contributed by atoms with Gasteiger partial charge < -0.3 is 15.5 Å². The van der Waals surface area contributed by atoms with Crippen molar-refractivity contribution in [2.24, 2.45) is 0 Å². The topological polar surface area (TPSA) is 61.4 Å². The first kappa shape index (κ1) is 15.4. The van der Waals surface area contributed by atoms with Crippen molar-refractivity contribution in [1.82, 2.24) is 10.6 Å². The predicted molar refractivity (Wildman–Crippen MR) is 83.5 cm³/mol. The number of hydrogen-bond donors (Lipinski definition) is 2. The first-order valence-electron chi connectivity index (χ1n) is 7.43. The SMILES string of the molecule is CCCNC(=O)N[C@@H]1CC(=O)N(c2ccc(C)c(C)c2)C1. The van der Waals surface area contributed by atoms with E-state index in [4.69, 9.17) is 0 Å². The zero-order valence-electron chi connectivity index (χ0n) is 12.9. The van der Waals surface area contributed by atoms with E-state index in [1.54, 1.807) is 4.90 Å². The summed E-state index contributed by atoms with van der Waals surface area (Å²) >= 11 is 0. The minimum absolute atomic E-state index is 0.0547. The van der Waals surface area contributed by atoms with Crippen LogP contribution in [0.5, 0.6) is 0 Å². The van der Waals surface area contributed by atoms with Gasteiger partial charge in [0.15, 0.2) is 0 Å². The van der Waals surface area contributed by atoms with Crippen molar-refractivity contribution in [3.05, 3.63) is 29.3 Å². The summed E-state index contributed by atoms with van der Waals surface area (Å²) in [4.78, 5) is 25.5. The maximum Gasteiger partial charge on any atom is 0.315 e. The number of benzene rings is 1. The van der Waals surface area contributed by atoms with Crippen molar-refractivity contribution in [1.29, 1.82) is 0 Å². The summed E-state index contributed by atoms with van der Waals surface area (Å²) in [6.45, 7) is 7.26. The molecule has 0 radical (unpaired) electrons. The van der Waals surface area contributed by atoms with E-state index in [2.05, 4.69) is 10.6 Å². The van der Waals surface area contributed by atoms with Crippen LogP contribution in [0.1, 0.15) is 30.9 Å². The molecule has 1 aliphatic rings. The van der Waals surface area contributed by atoms with Gasteiger partial charge in [-0.3, -0.25) is 4.79 Å². The fraction of sp³-hybridized carbons (Fsp3) is 0.500. The zero-order valence-corrected chi connectivity index (χ0v) is 12.9. The molecule has 0 unspecified atom stereocenters. The van der Waals surface area contributed by atoms with Gasteiger partial charge in [0.1, 0.15) is 0 Å². The van der Waals surface area contributed by atoms with Crippen LogP contribution in [-0.4, -0.2) is 31.1 Å². The number of rotatable bonds is 4. The number of carbonyl (C=O) groups is 2. The molecule has 5 heteroatoms. The largest absolute Gasteiger partial charge is 0.338 e. The van der Waals surface area contributed by atoms with Crippen molar-refractivity contribution in [3.8, 4) is 0 Å². The second-order valence-corrected chi connectivity index (χ2v) is 5.57. The monoisotopic (exact) mass is 289 g/mol. The van der Waals surface area contributed by atoms with Gasteiger partial charge in [-0.1, -0.05) is 13.0 Å². The Balaban J connectivity index is 1.99. The van der Waals surface area contributed by atoms with Gasteiger partial charge in [0.25, 0.3) is 0 Å². The number of nitrogens with one attached hydrogen (secondary N) is 2. The Bertz CT molecular complexity index is 542. The third-order valence-electron chi connectivity index (χ3n) is 3.80. The molecule has 2 rings (SSSR count). The summed E-state index contributed by atoms with van der Waals surface area (Å²) in [5.74, 6) is 0.0547. The van der Waals surface area contributed by atoms with E-state index in [0.29, 0.717) is 19.5 Å². The number of urea groups is 1. The molecule has 1 heterocycles. The molecule has 2 N–H and O–H groups in total. The van der Waals surface area contributed by atoms with Gasteiger partial charge in [-0.25, -0.2) is 4.79 Å². The Morgan fingerprint density at radius 1 is 1.33 bits per heavy atom. The maximum atomic E-state index is 12.1. The Labute approximate surface area is 125 Å². The quantitative estimate of drug-likeness (QED) is 0.892. The van der Waals surface area contributed by atoms with E-state index in [-0.39, 0.29) is 18.0 Å². The molecule has 0 saturated carbocycles. The highest BCUT2D eigenvalue weighted by atomic mass is 16.2. The highest BCUT2D eigenvalue weighted by molar-refractivity contribution is 5.96. The minimum Gasteiger partial charge on any atom is -0.338 e. The second-order valence-electron chi connectivity index (χ2n) is 5.57. The molecule has 0 spiro atoms. The van der Waals surface area contributed by atoms with Crippen LogP contribution in [0.25, 0.3) is 0 Å². The number of nitrogens with zero attached hydrogens (tertiary/aromatic N) is 1. The molecule has 1 fully saturated rings. The van der Waals surface area contributed by atoms with Gasteiger partial charge in [0.05, 0.1) is 6.04 Å². The van der Waals surface area contributed by atoms with Gasteiger partial charge in [-0.15, -0.1) is 0 Å². The average Bonchev–Trinajstić information content (AvgIpc) is 2.80. The van der Waals surface area contributed by atoms with Gasteiger partial charge in [0, 0.05) is 25.2 Å². The Morgan fingerprint density at radius 2 is 2.10 bits per heavy atom. The van der Waals surface area contributed by atoms with Gasteiger partial charge in [-0.05, 0) is 43.5 Å². The van der Waals surface area contributed by atoms with Crippen LogP contribution in [-0.2, 0) is 4.79 Å². The average molecular weight is 289 g/mol. The molecule has 1 aliphatic heterocycles. The van der Waals surface area contributed by atoms with Crippen LogP contribution < -0.4 is 15.5 Å². The fourth-order valence-corrected chi connectivity index (χ4v) is 2.42. The Hall–Kier alpha value is -2.04. The second kappa shape index (κ2) is 6.61. The van der Waals surface area contributed by atoms with Gasteiger partial charge >= 0.3 is 6.03 Å². The van der Waals surface area contributed by atoms with Crippen LogP contribution in [0, 0.1) is 13.8 Å². The molecule has 0 bridgehead atoms. The zero-order chi connectivity index (χ0) is 15.4.